The summed E-state index contributed by atoms with van der Waals surface area (Å²) in [4.78, 5) is 41.8. The number of rotatable bonds is 13. The normalized spacial score (nSPS) is 13.9. The van der Waals surface area contributed by atoms with E-state index in [1.807, 2.05) is 52.0 Å². The van der Waals surface area contributed by atoms with Crippen molar-refractivity contribution in [2.24, 2.45) is 5.92 Å². The lowest BCUT2D eigenvalue weighted by Crippen LogP contribution is -2.55. The fourth-order valence-corrected chi connectivity index (χ4v) is 3.93. The lowest BCUT2D eigenvalue weighted by Gasteiger charge is -2.36. The molecule has 1 rings (SSSR count). The molecule has 0 radical (unpaired) electrons. The number of hydrogen-bond acceptors (Lipinski definition) is 4. The second kappa shape index (κ2) is 14.7. The average Bonchev–Trinajstić information content (AvgIpc) is 2.79. The molecule has 7 heteroatoms. The van der Waals surface area contributed by atoms with Gasteiger partial charge in [0, 0.05) is 13.1 Å². The summed E-state index contributed by atoms with van der Waals surface area (Å²) in [6.45, 7) is 16.3. The first-order valence-electron chi connectivity index (χ1n) is 13.1. The van der Waals surface area contributed by atoms with Crippen LogP contribution in [0.4, 0.5) is 4.79 Å². The standard InChI is InChI=1S/C28H47N3O4/c1-9-12-15-18-29-25(32)24(22-17-14-13-16-21(22)5)31(19-10-2)26(33)23(20(4)11-3)30-27(34)35-28(6,7)8/h13-14,16-17,20,23-24H,9-12,15,18-19H2,1-8H3,(H,29,32)(H,30,34). The number of alkyl carbamates (subject to hydrolysis) is 1. The monoisotopic (exact) mass is 489 g/mol. The van der Waals surface area contributed by atoms with Gasteiger partial charge >= 0.3 is 6.09 Å². The molecular weight excluding hydrogens is 442 g/mol. The number of aryl methyl sites for hydroxylation is 1. The molecule has 0 aliphatic carbocycles. The molecule has 198 valence electrons. The molecule has 0 aliphatic rings. The highest BCUT2D eigenvalue weighted by molar-refractivity contribution is 5.92. The molecule has 3 amide bonds. The first kappa shape index (κ1) is 30.5. The van der Waals surface area contributed by atoms with E-state index in [-0.39, 0.29) is 17.7 Å². The highest BCUT2D eigenvalue weighted by atomic mass is 16.6. The summed E-state index contributed by atoms with van der Waals surface area (Å²) in [5, 5.41) is 5.84. The van der Waals surface area contributed by atoms with Gasteiger partial charge in [-0.25, -0.2) is 4.79 Å². The first-order chi connectivity index (χ1) is 16.5. The Morgan fingerprint density at radius 3 is 2.23 bits per heavy atom. The minimum atomic E-state index is -0.805. The summed E-state index contributed by atoms with van der Waals surface area (Å²) in [7, 11) is 0. The maximum Gasteiger partial charge on any atom is 0.408 e. The van der Waals surface area contributed by atoms with Gasteiger partial charge in [0.15, 0.2) is 0 Å². The molecule has 3 atom stereocenters. The highest BCUT2D eigenvalue weighted by Crippen LogP contribution is 2.27. The van der Waals surface area contributed by atoms with Crippen molar-refractivity contribution in [2.75, 3.05) is 13.1 Å². The van der Waals surface area contributed by atoms with Crippen LogP contribution in [0.1, 0.15) is 97.7 Å². The fraction of sp³-hybridized carbons (Fsp3) is 0.679. The Balaban J connectivity index is 3.39. The molecule has 35 heavy (non-hydrogen) atoms. The molecule has 0 bridgehead atoms. The minimum absolute atomic E-state index is 0.139. The Morgan fingerprint density at radius 2 is 1.69 bits per heavy atom. The number of carbonyl (C=O) groups is 3. The van der Waals surface area contributed by atoms with Gasteiger partial charge in [-0.1, -0.05) is 71.2 Å². The van der Waals surface area contributed by atoms with Crippen LogP contribution in [0, 0.1) is 12.8 Å². The van der Waals surface area contributed by atoms with E-state index >= 15 is 0 Å². The molecule has 0 heterocycles. The van der Waals surface area contributed by atoms with E-state index in [0.717, 1.165) is 30.4 Å². The SMILES string of the molecule is CCCCCNC(=O)C(c1ccccc1C)N(CCC)C(=O)C(NC(=O)OC(C)(C)C)C(C)CC. The summed E-state index contributed by atoms with van der Waals surface area (Å²) in [5.74, 6) is -0.610. The van der Waals surface area contributed by atoms with E-state index in [1.54, 1.807) is 25.7 Å². The quantitative estimate of drug-likeness (QED) is 0.357. The van der Waals surface area contributed by atoms with Crippen LogP contribution in [0.2, 0.25) is 0 Å². The summed E-state index contributed by atoms with van der Waals surface area (Å²) < 4.78 is 5.44. The Bertz CT molecular complexity index is 819. The summed E-state index contributed by atoms with van der Waals surface area (Å²) in [6, 6.07) is 6.08. The number of unbranched alkanes of at least 4 members (excludes halogenated alkanes) is 2. The van der Waals surface area contributed by atoms with E-state index in [4.69, 9.17) is 4.74 Å². The van der Waals surface area contributed by atoms with Gasteiger partial charge in [0.05, 0.1) is 0 Å². The maximum absolute atomic E-state index is 14.0. The molecule has 0 saturated heterocycles. The third kappa shape index (κ3) is 9.90. The van der Waals surface area contributed by atoms with E-state index in [9.17, 15) is 14.4 Å². The molecule has 0 aliphatic heterocycles. The van der Waals surface area contributed by atoms with Crippen molar-refractivity contribution in [1.29, 1.82) is 0 Å². The third-order valence-corrected chi connectivity index (χ3v) is 6.02. The molecule has 7 nitrogen and oxygen atoms in total. The van der Waals surface area contributed by atoms with Crippen molar-refractivity contribution in [3.63, 3.8) is 0 Å². The van der Waals surface area contributed by atoms with Crippen molar-refractivity contribution in [2.45, 2.75) is 105 Å². The van der Waals surface area contributed by atoms with E-state index in [1.165, 1.54) is 0 Å². The van der Waals surface area contributed by atoms with Gasteiger partial charge in [-0.2, -0.15) is 0 Å². The third-order valence-electron chi connectivity index (χ3n) is 6.02. The number of hydrogen-bond donors (Lipinski definition) is 2. The molecule has 0 fully saturated rings. The van der Waals surface area contributed by atoms with Crippen molar-refractivity contribution < 1.29 is 19.1 Å². The zero-order valence-corrected chi connectivity index (χ0v) is 23.1. The summed E-state index contributed by atoms with van der Waals surface area (Å²) in [6.07, 6.45) is 3.71. The smallest absolute Gasteiger partial charge is 0.408 e. The number of amides is 3. The number of ether oxygens (including phenoxy) is 1. The van der Waals surface area contributed by atoms with Crippen LogP contribution in [-0.4, -0.2) is 47.5 Å². The molecular formula is C28H47N3O4. The van der Waals surface area contributed by atoms with Crippen molar-refractivity contribution in [1.82, 2.24) is 15.5 Å². The van der Waals surface area contributed by atoms with Gasteiger partial charge < -0.3 is 20.3 Å². The van der Waals surface area contributed by atoms with Crippen LogP contribution in [0.15, 0.2) is 24.3 Å². The Hall–Kier alpha value is -2.57. The minimum Gasteiger partial charge on any atom is -0.444 e. The number of nitrogens with zero attached hydrogens (tertiary/aromatic N) is 1. The van der Waals surface area contributed by atoms with E-state index < -0.39 is 23.8 Å². The van der Waals surface area contributed by atoms with Gasteiger partial charge in [0.2, 0.25) is 11.8 Å². The molecule has 0 saturated carbocycles. The number of nitrogens with one attached hydrogen (secondary N) is 2. The Labute approximate surface area is 212 Å². The lowest BCUT2D eigenvalue weighted by molar-refractivity contribution is -0.143. The largest absolute Gasteiger partial charge is 0.444 e. The maximum atomic E-state index is 14.0. The molecule has 0 aromatic heterocycles. The van der Waals surface area contributed by atoms with Gasteiger partial charge in [-0.05, 0) is 57.6 Å². The lowest BCUT2D eigenvalue weighted by atomic mass is 9.94. The number of carbonyl (C=O) groups excluding carboxylic acids is 3. The van der Waals surface area contributed by atoms with Gasteiger partial charge in [-0.3, -0.25) is 9.59 Å². The average molecular weight is 490 g/mol. The predicted molar refractivity (Wildman–Crippen MR) is 141 cm³/mol. The summed E-state index contributed by atoms with van der Waals surface area (Å²) in [5.41, 5.74) is 1.05. The van der Waals surface area contributed by atoms with Crippen LogP contribution in [0.5, 0.6) is 0 Å². The fourth-order valence-electron chi connectivity index (χ4n) is 3.93. The van der Waals surface area contributed by atoms with Crippen LogP contribution in [-0.2, 0) is 14.3 Å². The molecule has 3 unspecified atom stereocenters. The van der Waals surface area contributed by atoms with Crippen LogP contribution in [0.25, 0.3) is 0 Å². The number of benzene rings is 1. The van der Waals surface area contributed by atoms with E-state index in [0.29, 0.717) is 25.9 Å². The molecule has 2 N–H and O–H groups in total. The van der Waals surface area contributed by atoms with Crippen LogP contribution >= 0.6 is 0 Å². The zero-order chi connectivity index (χ0) is 26.6. The topological polar surface area (TPSA) is 87.7 Å². The second-order valence-corrected chi connectivity index (χ2v) is 10.3. The molecule has 1 aromatic rings. The zero-order valence-electron chi connectivity index (χ0n) is 23.1. The van der Waals surface area contributed by atoms with Gasteiger partial charge in [-0.15, -0.1) is 0 Å². The highest BCUT2D eigenvalue weighted by Gasteiger charge is 2.38. The Kier molecular flexibility index (Phi) is 12.8. The predicted octanol–water partition coefficient (Wildman–Crippen LogP) is 5.52. The molecule has 0 spiro atoms. The van der Waals surface area contributed by atoms with Crippen molar-refractivity contribution in [3.05, 3.63) is 35.4 Å². The van der Waals surface area contributed by atoms with E-state index in [2.05, 4.69) is 17.6 Å². The summed E-state index contributed by atoms with van der Waals surface area (Å²) >= 11 is 0. The van der Waals surface area contributed by atoms with Crippen LogP contribution in [0.3, 0.4) is 0 Å². The van der Waals surface area contributed by atoms with Crippen molar-refractivity contribution >= 4 is 17.9 Å². The van der Waals surface area contributed by atoms with Gasteiger partial charge in [0.1, 0.15) is 17.7 Å². The Morgan fingerprint density at radius 1 is 1.03 bits per heavy atom. The first-order valence-corrected chi connectivity index (χ1v) is 13.1. The molecule has 1 aromatic carbocycles. The van der Waals surface area contributed by atoms with Gasteiger partial charge in [0.25, 0.3) is 0 Å². The van der Waals surface area contributed by atoms with Crippen LogP contribution < -0.4 is 10.6 Å². The van der Waals surface area contributed by atoms with Crippen molar-refractivity contribution in [3.8, 4) is 0 Å². The second-order valence-electron chi connectivity index (χ2n) is 10.3.